The second-order valence-corrected chi connectivity index (χ2v) is 5.91. The van der Waals surface area contributed by atoms with Crippen LogP contribution in [0.3, 0.4) is 0 Å². The van der Waals surface area contributed by atoms with Gasteiger partial charge in [0.2, 0.25) is 11.8 Å². The number of nitrogens with two attached hydrogens (primary N) is 1. The Morgan fingerprint density at radius 2 is 1.42 bits per heavy atom. The molecule has 1 aliphatic rings. The van der Waals surface area contributed by atoms with Crippen LogP contribution >= 0.6 is 0 Å². The van der Waals surface area contributed by atoms with Crippen molar-refractivity contribution in [1.29, 1.82) is 0 Å². The van der Waals surface area contributed by atoms with Gasteiger partial charge >= 0.3 is 11.9 Å². The number of hydrogen-bond donors (Lipinski definition) is 3. The maximum Gasteiger partial charge on any atom is 0.331 e. The van der Waals surface area contributed by atoms with Crippen LogP contribution < -0.4 is 5.73 Å². The summed E-state index contributed by atoms with van der Waals surface area (Å²) in [5.74, 6) is -3.73. The summed E-state index contributed by atoms with van der Waals surface area (Å²) in [6, 6.07) is -3.17. The van der Waals surface area contributed by atoms with Crippen LogP contribution in [0.1, 0.15) is 33.1 Å². The third-order valence-corrected chi connectivity index (χ3v) is 4.46. The molecule has 10 heteroatoms. The van der Waals surface area contributed by atoms with Gasteiger partial charge in [0, 0.05) is 0 Å². The molecule has 4 N–H and O–H groups in total. The summed E-state index contributed by atoms with van der Waals surface area (Å²) in [6.07, 6.45) is 0.869. The van der Waals surface area contributed by atoms with E-state index in [0.29, 0.717) is 11.3 Å². The van der Waals surface area contributed by atoms with Crippen molar-refractivity contribution in [2.75, 3.05) is 26.4 Å². The number of aliphatic hydroxyl groups is 2. The lowest BCUT2D eigenvalue weighted by atomic mass is 9.67. The van der Waals surface area contributed by atoms with Gasteiger partial charge in [0.25, 0.3) is 0 Å². The van der Waals surface area contributed by atoms with Gasteiger partial charge in [0.15, 0.2) is 12.1 Å². The van der Waals surface area contributed by atoms with E-state index in [2.05, 4.69) is 0 Å². The minimum atomic E-state index is -1.58. The molecule has 1 aliphatic carbocycles. The van der Waals surface area contributed by atoms with Crippen molar-refractivity contribution in [3.8, 4) is 0 Å². The normalized spacial score (nSPS) is 17.4. The van der Waals surface area contributed by atoms with Crippen LogP contribution in [0.4, 0.5) is 0 Å². The minimum Gasteiger partial charge on any atom is -0.464 e. The van der Waals surface area contributed by atoms with Gasteiger partial charge in [-0.05, 0) is 26.7 Å². The first-order valence-electron chi connectivity index (χ1n) is 8.48. The van der Waals surface area contributed by atoms with Gasteiger partial charge in [0.05, 0.1) is 26.4 Å². The quantitative estimate of drug-likeness (QED) is 0.302. The summed E-state index contributed by atoms with van der Waals surface area (Å²) in [5.41, 5.74) is 3.80. The van der Waals surface area contributed by atoms with Crippen molar-refractivity contribution in [1.82, 2.24) is 4.90 Å². The van der Waals surface area contributed by atoms with Crippen molar-refractivity contribution in [3.05, 3.63) is 0 Å². The lowest BCUT2D eigenvalue weighted by Crippen LogP contribution is -2.64. The molecule has 0 aromatic heterocycles. The topological polar surface area (TPSA) is 156 Å². The second kappa shape index (κ2) is 9.48. The molecule has 10 nitrogen and oxygen atoms in total. The highest BCUT2D eigenvalue weighted by Crippen LogP contribution is 2.43. The predicted octanol–water partition coefficient (Wildman–Crippen LogP) is -1.68. The van der Waals surface area contributed by atoms with E-state index in [1.807, 2.05) is 0 Å². The Balaban J connectivity index is 3.35. The van der Waals surface area contributed by atoms with E-state index in [1.165, 1.54) is 13.8 Å². The zero-order valence-corrected chi connectivity index (χ0v) is 15.0. The average molecular weight is 374 g/mol. The van der Waals surface area contributed by atoms with Crippen LogP contribution in [0.5, 0.6) is 0 Å². The molecular formula is C16H26N2O8. The number of aliphatic hydroxyl groups excluding tert-OH is 2. The Kier molecular flexibility index (Phi) is 7.97. The summed E-state index contributed by atoms with van der Waals surface area (Å²) in [7, 11) is 0. The largest absolute Gasteiger partial charge is 0.464 e. The van der Waals surface area contributed by atoms with Crippen molar-refractivity contribution in [2.24, 2.45) is 11.1 Å². The summed E-state index contributed by atoms with van der Waals surface area (Å²) in [6.45, 7) is 1.28. The van der Waals surface area contributed by atoms with Crippen molar-refractivity contribution < 1.29 is 38.9 Å². The van der Waals surface area contributed by atoms with Crippen LogP contribution in [0.2, 0.25) is 0 Å². The molecule has 1 rings (SSSR count). The van der Waals surface area contributed by atoms with Gasteiger partial charge in [-0.1, -0.05) is 6.42 Å². The zero-order valence-electron chi connectivity index (χ0n) is 15.0. The number of ether oxygens (including phenoxy) is 2. The number of carbonyl (C=O) groups is 4. The first-order chi connectivity index (χ1) is 12.3. The Morgan fingerprint density at radius 3 is 1.65 bits per heavy atom. The molecule has 26 heavy (non-hydrogen) atoms. The fourth-order valence-electron chi connectivity index (χ4n) is 2.87. The highest BCUT2D eigenvalue weighted by molar-refractivity contribution is 6.07. The maximum atomic E-state index is 13.1. The van der Waals surface area contributed by atoms with Crippen molar-refractivity contribution in [2.45, 2.75) is 45.2 Å². The van der Waals surface area contributed by atoms with Crippen LogP contribution in [0, 0.1) is 5.41 Å². The number of nitrogens with zero attached hydrogens (tertiary/aromatic N) is 1. The van der Waals surface area contributed by atoms with Gasteiger partial charge in [-0.15, -0.1) is 0 Å². The van der Waals surface area contributed by atoms with Gasteiger partial charge in [-0.3, -0.25) is 9.59 Å². The minimum absolute atomic E-state index is 0.0263. The molecule has 0 saturated heterocycles. The maximum absolute atomic E-state index is 13.1. The molecule has 2 atom stereocenters. The van der Waals surface area contributed by atoms with Crippen molar-refractivity contribution >= 4 is 23.8 Å². The Labute approximate surface area is 151 Å². The van der Waals surface area contributed by atoms with E-state index in [4.69, 9.17) is 15.2 Å². The Bertz CT molecular complexity index is 520. The average Bonchev–Trinajstić information content (AvgIpc) is 2.53. The molecule has 0 aromatic carbocycles. The monoisotopic (exact) mass is 374 g/mol. The van der Waals surface area contributed by atoms with E-state index in [-0.39, 0.29) is 26.1 Å². The number of amides is 2. The molecular weight excluding hydrogens is 348 g/mol. The molecule has 0 aliphatic heterocycles. The van der Waals surface area contributed by atoms with E-state index in [9.17, 15) is 29.4 Å². The molecule has 0 bridgehead atoms. The predicted molar refractivity (Wildman–Crippen MR) is 87.3 cm³/mol. The molecule has 0 spiro atoms. The highest BCUT2D eigenvalue weighted by Gasteiger charge is 2.55. The number of carbonyl (C=O) groups excluding carboxylic acids is 4. The molecule has 0 unspecified atom stereocenters. The van der Waals surface area contributed by atoms with E-state index in [1.54, 1.807) is 0 Å². The fraction of sp³-hybridized carbons (Fsp3) is 0.750. The van der Waals surface area contributed by atoms with Crippen LogP contribution in [0.25, 0.3) is 0 Å². The van der Waals surface area contributed by atoms with Crippen LogP contribution in [-0.4, -0.2) is 77.4 Å². The SMILES string of the molecule is CCOC(=O)[C@@H](CO)N(C(=O)C1(C(N)=O)CCC1)[C@H](CO)C(=O)OCC. The molecule has 0 heterocycles. The number of esters is 2. The van der Waals surface area contributed by atoms with E-state index in [0.717, 1.165) is 0 Å². The molecule has 1 saturated carbocycles. The van der Waals surface area contributed by atoms with Gasteiger partial charge in [-0.2, -0.15) is 0 Å². The third kappa shape index (κ3) is 4.13. The van der Waals surface area contributed by atoms with Crippen LogP contribution in [-0.2, 0) is 28.7 Å². The molecule has 0 radical (unpaired) electrons. The zero-order chi connectivity index (χ0) is 19.9. The smallest absolute Gasteiger partial charge is 0.331 e. The number of rotatable bonds is 10. The highest BCUT2D eigenvalue weighted by atomic mass is 16.5. The molecule has 0 aromatic rings. The summed E-state index contributed by atoms with van der Waals surface area (Å²) < 4.78 is 9.68. The first kappa shape index (κ1) is 21.8. The Hall–Kier alpha value is -2.20. The number of hydrogen-bond acceptors (Lipinski definition) is 8. The Morgan fingerprint density at radius 1 is 1.00 bits per heavy atom. The second-order valence-electron chi connectivity index (χ2n) is 5.91. The van der Waals surface area contributed by atoms with Crippen LogP contribution in [0.15, 0.2) is 0 Å². The van der Waals surface area contributed by atoms with Gasteiger partial charge in [0.1, 0.15) is 5.41 Å². The van der Waals surface area contributed by atoms with Gasteiger partial charge < -0.3 is 30.3 Å². The van der Waals surface area contributed by atoms with Crippen molar-refractivity contribution in [3.63, 3.8) is 0 Å². The summed E-state index contributed by atoms with van der Waals surface area (Å²) in [4.78, 5) is 50.1. The van der Waals surface area contributed by atoms with E-state index < -0.39 is 54.5 Å². The molecule has 1 fully saturated rings. The lowest BCUT2D eigenvalue weighted by molar-refractivity contribution is -0.176. The van der Waals surface area contributed by atoms with Gasteiger partial charge in [-0.25, -0.2) is 9.59 Å². The number of primary amides is 1. The summed E-state index contributed by atoms with van der Waals surface area (Å²) >= 11 is 0. The molecule has 148 valence electrons. The third-order valence-electron chi connectivity index (χ3n) is 4.46. The first-order valence-corrected chi connectivity index (χ1v) is 8.48. The standard InChI is InChI=1S/C16H26N2O8/c1-3-25-12(21)10(8-19)18(11(9-20)13(22)26-4-2)15(24)16(14(17)23)6-5-7-16/h10-11,19-20H,3-9H2,1-2H3,(H2,17,23)/t10-,11-/m1/s1. The summed E-state index contributed by atoms with van der Waals surface area (Å²) in [5, 5.41) is 19.3. The lowest BCUT2D eigenvalue weighted by Gasteiger charge is -2.44. The van der Waals surface area contributed by atoms with E-state index >= 15 is 0 Å². The molecule has 2 amide bonds. The fourth-order valence-corrected chi connectivity index (χ4v) is 2.87.